The number of benzene rings is 2. The molecule has 0 saturated heterocycles. The monoisotopic (exact) mass is 939 g/mol. The minimum atomic E-state index is -1.53. The zero-order valence-corrected chi connectivity index (χ0v) is 38.3. The average Bonchev–Trinajstić information content (AvgIpc) is 3.26. The van der Waals surface area contributed by atoms with Crippen molar-refractivity contribution in [3.05, 3.63) is 71.8 Å². The van der Waals surface area contributed by atoms with Crippen LogP contribution < -0.4 is 48.7 Å². The van der Waals surface area contributed by atoms with E-state index in [0.717, 1.165) is 0 Å². The number of nitrogens with one attached hydrogen (secondary N) is 7. The minimum absolute atomic E-state index is 0.0918. The van der Waals surface area contributed by atoms with Gasteiger partial charge in [-0.25, -0.2) is 4.79 Å². The van der Waals surface area contributed by atoms with Gasteiger partial charge in [0.15, 0.2) is 0 Å². The Morgan fingerprint density at radius 3 is 1.42 bits per heavy atom. The van der Waals surface area contributed by atoms with E-state index in [9.17, 15) is 58.2 Å². The Bertz CT molecular complexity index is 2020. The van der Waals surface area contributed by atoms with Crippen LogP contribution in [0.2, 0.25) is 0 Å². The Labute approximate surface area is 388 Å². The summed E-state index contributed by atoms with van der Waals surface area (Å²) in [5, 5.41) is 45.5. The number of carbonyl (C=O) groups is 10. The van der Waals surface area contributed by atoms with E-state index >= 15 is 0 Å². The number of hydrogen-bond acceptors (Lipinski definition) is 12. The van der Waals surface area contributed by atoms with Gasteiger partial charge < -0.3 is 64.0 Å². The Morgan fingerprint density at radius 1 is 0.493 bits per heavy atom. The summed E-state index contributed by atoms with van der Waals surface area (Å²) >= 11 is 0. The summed E-state index contributed by atoms with van der Waals surface area (Å²) in [6.07, 6.45) is -1.67. The third-order valence-corrected chi connectivity index (χ3v) is 10.3. The predicted molar refractivity (Wildman–Crippen MR) is 242 cm³/mol. The average molecular weight is 940 g/mol. The molecular weight excluding hydrogens is 875 g/mol. The van der Waals surface area contributed by atoms with Crippen LogP contribution in [0.5, 0.6) is 0 Å². The SMILES string of the molecule is CC(C)C[C@H](NC(=O)[C@@H](NC(=O)[C@@H](N)CCC(=O)O)C(C)C)C(=O)N[C@@H](Cc1ccccc1)C(=O)N[C@H](CN)C(=O)N[C@@H](C)C(=O)N[C@@H](CCC(=O)O)C(=O)N[C@@H](Cc1ccccc1)C(=O)O. The van der Waals surface area contributed by atoms with E-state index in [1.807, 2.05) is 0 Å². The maximum atomic E-state index is 14.0. The summed E-state index contributed by atoms with van der Waals surface area (Å²) in [7, 11) is 0. The van der Waals surface area contributed by atoms with Crippen molar-refractivity contribution < 1.29 is 63.3 Å². The van der Waals surface area contributed by atoms with Gasteiger partial charge in [0.25, 0.3) is 0 Å². The summed E-state index contributed by atoms with van der Waals surface area (Å²) in [6.45, 7) is 7.63. The maximum absolute atomic E-state index is 14.0. The molecule has 7 amide bonds. The molecule has 2 aromatic carbocycles. The summed E-state index contributed by atoms with van der Waals surface area (Å²) in [4.78, 5) is 129. The molecule has 0 aliphatic rings. The summed E-state index contributed by atoms with van der Waals surface area (Å²) in [5.74, 6) is -10.5. The third kappa shape index (κ3) is 20.4. The van der Waals surface area contributed by atoms with Gasteiger partial charge in [0.05, 0.1) is 6.04 Å². The van der Waals surface area contributed by atoms with Crippen LogP contribution in [0, 0.1) is 11.8 Å². The largest absolute Gasteiger partial charge is 0.481 e. The zero-order valence-electron chi connectivity index (χ0n) is 38.3. The van der Waals surface area contributed by atoms with Gasteiger partial charge >= 0.3 is 17.9 Å². The Morgan fingerprint density at radius 2 is 0.925 bits per heavy atom. The molecule has 0 saturated carbocycles. The number of hydrogen-bond donors (Lipinski definition) is 12. The lowest BCUT2D eigenvalue weighted by Crippen LogP contribution is -2.61. The second-order valence-corrected chi connectivity index (χ2v) is 16.8. The summed E-state index contributed by atoms with van der Waals surface area (Å²) in [6, 6.07) is 6.10. The summed E-state index contributed by atoms with van der Waals surface area (Å²) in [5.41, 5.74) is 13.0. The van der Waals surface area contributed by atoms with Crippen molar-refractivity contribution >= 4 is 59.3 Å². The number of carboxylic acids is 3. The van der Waals surface area contributed by atoms with E-state index in [-0.39, 0.29) is 38.0 Å². The van der Waals surface area contributed by atoms with Crippen molar-refractivity contribution in [2.24, 2.45) is 23.3 Å². The fourth-order valence-corrected chi connectivity index (χ4v) is 6.54. The molecule has 22 heteroatoms. The molecule has 14 N–H and O–H groups in total. The predicted octanol–water partition coefficient (Wildman–Crippen LogP) is -1.31. The van der Waals surface area contributed by atoms with Crippen LogP contribution >= 0.6 is 0 Å². The molecular formula is C45H65N9O13. The van der Waals surface area contributed by atoms with Gasteiger partial charge in [-0.15, -0.1) is 0 Å². The van der Waals surface area contributed by atoms with Crippen molar-refractivity contribution in [3.63, 3.8) is 0 Å². The van der Waals surface area contributed by atoms with E-state index < -0.39 is 133 Å². The third-order valence-electron chi connectivity index (χ3n) is 10.3. The topological polar surface area (TPSA) is 368 Å². The van der Waals surface area contributed by atoms with Crippen LogP contribution in [-0.2, 0) is 60.8 Å². The first-order valence-electron chi connectivity index (χ1n) is 21.8. The molecule has 0 unspecified atom stereocenters. The highest BCUT2D eigenvalue weighted by Crippen LogP contribution is 2.12. The Balaban J connectivity index is 2.25. The first-order valence-corrected chi connectivity index (χ1v) is 21.8. The number of carbonyl (C=O) groups excluding carboxylic acids is 7. The molecule has 0 aromatic heterocycles. The number of amides is 7. The van der Waals surface area contributed by atoms with E-state index in [2.05, 4.69) is 37.2 Å². The zero-order chi connectivity index (χ0) is 50.4. The molecule has 0 heterocycles. The van der Waals surface area contributed by atoms with Crippen LogP contribution in [0.4, 0.5) is 0 Å². The highest BCUT2D eigenvalue weighted by atomic mass is 16.4. The molecule has 368 valence electrons. The second-order valence-electron chi connectivity index (χ2n) is 16.8. The molecule has 0 aliphatic heterocycles. The molecule has 67 heavy (non-hydrogen) atoms. The van der Waals surface area contributed by atoms with Gasteiger partial charge in [-0.1, -0.05) is 88.4 Å². The quantitative estimate of drug-likeness (QED) is 0.0451. The lowest BCUT2D eigenvalue weighted by Gasteiger charge is -2.28. The lowest BCUT2D eigenvalue weighted by atomic mass is 9.98. The molecule has 8 atom stereocenters. The molecule has 0 fully saturated rings. The van der Waals surface area contributed by atoms with Gasteiger partial charge in [-0.2, -0.15) is 0 Å². The van der Waals surface area contributed by atoms with E-state index in [1.165, 1.54) is 6.92 Å². The standard InChI is InChI=1S/C45H65N9O13/c1-24(2)20-31(51-44(65)37(25(3)4)54-39(60)29(47)16-18-35(55)56)41(62)50-32(21-27-12-8-6-9-13-27)42(63)53-34(23-46)43(64)48-26(5)38(59)49-30(17-19-36(57)58)40(61)52-33(45(66)67)22-28-14-10-7-11-15-28/h6-15,24-26,29-34,37H,16-23,46-47H2,1-5H3,(H,48,64)(H,49,59)(H,50,62)(H,51,65)(H,52,61)(H,53,63)(H,54,60)(H,55,56)(H,57,58)(H,66,67)/t26-,29-,30-,31-,32-,33-,34+,37-/m0/s1. The number of carboxylic acid groups (broad SMARTS) is 3. The Hall–Kier alpha value is -6.94. The van der Waals surface area contributed by atoms with Crippen LogP contribution in [0.15, 0.2) is 60.7 Å². The first kappa shape index (κ1) is 56.2. The molecule has 0 aliphatic carbocycles. The Kier molecular flexibility index (Phi) is 23.6. The van der Waals surface area contributed by atoms with E-state index in [0.29, 0.717) is 11.1 Å². The van der Waals surface area contributed by atoms with Crippen LogP contribution in [0.3, 0.4) is 0 Å². The van der Waals surface area contributed by atoms with Gasteiger partial charge in [-0.3, -0.25) is 43.2 Å². The highest BCUT2D eigenvalue weighted by Gasteiger charge is 2.34. The van der Waals surface area contributed by atoms with Gasteiger partial charge in [0.1, 0.15) is 42.3 Å². The smallest absolute Gasteiger partial charge is 0.326 e. The van der Waals surface area contributed by atoms with Crippen molar-refractivity contribution in [3.8, 4) is 0 Å². The van der Waals surface area contributed by atoms with Crippen molar-refractivity contribution in [2.45, 2.75) is 128 Å². The van der Waals surface area contributed by atoms with Crippen molar-refractivity contribution in [2.75, 3.05) is 6.54 Å². The highest BCUT2D eigenvalue weighted by molar-refractivity contribution is 5.98. The van der Waals surface area contributed by atoms with Gasteiger partial charge in [-0.05, 0) is 49.1 Å². The van der Waals surface area contributed by atoms with Crippen molar-refractivity contribution in [1.29, 1.82) is 0 Å². The van der Waals surface area contributed by atoms with Gasteiger partial charge in [0, 0.05) is 32.2 Å². The molecule has 22 nitrogen and oxygen atoms in total. The van der Waals surface area contributed by atoms with E-state index in [4.69, 9.17) is 16.6 Å². The number of nitrogens with two attached hydrogens (primary N) is 2. The fraction of sp³-hybridized carbons (Fsp3) is 0.511. The lowest BCUT2D eigenvalue weighted by molar-refractivity contribution is -0.143. The number of aliphatic carboxylic acids is 3. The summed E-state index contributed by atoms with van der Waals surface area (Å²) < 4.78 is 0. The van der Waals surface area contributed by atoms with Crippen LogP contribution in [0.1, 0.15) is 77.8 Å². The minimum Gasteiger partial charge on any atom is -0.481 e. The molecule has 0 spiro atoms. The van der Waals surface area contributed by atoms with E-state index in [1.54, 1.807) is 88.4 Å². The second kappa shape index (κ2) is 28.2. The molecule has 2 aromatic rings. The normalized spacial score (nSPS) is 14.6. The van der Waals surface area contributed by atoms with Crippen LogP contribution in [-0.4, -0.2) is 129 Å². The first-order chi connectivity index (χ1) is 31.5. The van der Waals surface area contributed by atoms with Crippen LogP contribution in [0.25, 0.3) is 0 Å². The molecule has 0 radical (unpaired) electrons. The molecule has 2 rings (SSSR count). The molecule has 0 bridgehead atoms. The number of rotatable bonds is 29. The fourth-order valence-electron chi connectivity index (χ4n) is 6.54. The maximum Gasteiger partial charge on any atom is 0.326 e. The van der Waals surface area contributed by atoms with Gasteiger partial charge in [0.2, 0.25) is 41.4 Å². The van der Waals surface area contributed by atoms with Crippen molar-refractivity contribution in [1.82, 2.24) is 37.2 Å².